The third-order valence-corrected chi connectivity index (χ3v) is 5.88. The van der Waals surface area contributed by atoms with Crippen molar-refractivity contribution in [2.24, 2.45) is 0 Å². The molecule has 0 aliphatic heterocycles. The minimum Gasteiger partial charge on any atom is -0.484 e. The molecule has 0 aliphatic carbocycles. The molecule has 7 heteroatoms. The molecule has 0 atom stereocenters. The molecule has 2 aromatic carbocycles. The molecule has 0 spiro atoms. The van der Waals surface area contributed by atoms with Crippen molar-refractivity contribution in [2.75, 3.05) is 11.9 Å². The SMILES string of the molecule is Cc1cccc(OCC(=O)Nc2cc(C)nn2-c2nc3ccc(C(C)(C)C)cc3s2)c1. The molecule has 0 aliphatic rings. The van der Waals surface area contributed by atoms with E-state index in [-0.39, 0.29) is 17.9 Å². The molecule has 1 N–H and O–H groups in total. The Morgan fingerprint density at radius 2 is 1.94 bits per heavy atom. The summed E-state index contributed by atoms with van der Waals surface area (Å²) in [5.41, 5.74) is 4.12. The van der Waals surface area contributed by atoms with E-state index in [1.54, 1.807) is 16.0 Å². The lowest BCUT2D eigenvalue weighted by Gasteiger charge is -2.18. The Morgan fingerprint density at radius 1 is 1.13 bits per heavy atom. The average molecular weight is 435 g/mol. The summed E-state index contributed by atoms with van der Waals surface area (Å²) in [4.78, 5) is 17.2. The molecule has 0 bridgehead atoms. The van der Waals surface area contributed by atoms with Crippen molar-refractivity contribution in [3.63, 3.8) is 0 Å². The van der Waals surface area contributed by atoms with Gasteiger partial charge in [0.1, 0.15) is 11.6 Å². The van der Waals surface area contributed by atoms with Crippen LogP contribution < -0.4 is 10.1 Å². The third kappa shape index (κ3) is 4.77. The van der Waals surface area contributed by atoms with Gasteiger partial charge in [-0.25, -0.2) is 4.98 Å². The quantitative estimate of drug-likeness (QED) is 0.456. The van der Waals surface area contributed by atoms with Gasteiger partial charge in [-0.3, -0.25) is 4.79 Å². The van der Waals surface area contributed by atoms with Crippen LogP contribution >= 0.6 is 11.3 Å². The second-order valence-corrected chi connectivity index (χ2v) is 9.67. The number of nitrogens with one attached hydrogen (secondary N) is 1. The third-order valence-electron chi connectivity index (χ3n) is 4.88. The first-order chi connectivity index (χ1) is 14.7. The highest BCUT2D eigenvalue weighted by atomic mass is 32.1. The zero-order chi connectivity index (χ0) is 22.2. The molecule has 0 saturated heterocycles. The van der Waals surface area contributed by atoms with Crippen LogP contribution in [-0.2, 0) is 10.2 Å². The maximum Gasteiger partial charge on any atom is 0.263 e. The predicted octanol–water partition coefficient (Wildman–Crippen LogP) is 5.41. The summed E-state index contributed by atoms with van der Waals surface area (Å²) < 4.78 is 8.39. The van der Waals surface area contributed by atoms with Crippen LogP contribution in [0.4, 0.5) is 5.82 Å². The number of anilines is 1. The summed E-state index contributed by atoms with van der Waals surface area (Å²) >= 11 is 1.55. The van der Waals surface area contributed by atoms with E-state index in [0.717, 1.165) is 21.5 Å². The Bertz CT molecular complexity index is 1250. The van der Waals surface area contributed by atoms with Gasteiger partial charge in [0.2, 0.25) is 5.13 Å². The van der Waals surface area contributed by atoms with E-state index in [0.29, 0.717) is 16.7 Å². The van der Waals surface area contributed by atoms with Gasteiger partial charge < -0.3 is 10.1 Å². The van der Waals surface area contributed by atoms with Gasteiger partial charge in [0.25, 0.3) is 5.91 Å². The molecule has 2 heterocycles. The van der Waals surface area contributed by atoms with E-state index in [1.807, 2.05) is 50.2 Å². The lowest BCUT2D eigenvalue weighted by atomic mass is 9.87. The summed E-state index contributed by atoms with van der Waals surface area (Å²) in [5.74, 6) is 0.991. The standard InChI is InChI=1S/C24H26N4O2S/c1-15-7-6-8-18(11-15)30-14-22(29)26-21-12-16(2)27-28(21)23-25-19-10-9-17(24(3,4)5)13-20(19)31-23/h6-13H,14H2,1-5H3,(H,26,29). The number of carbonyl (C=O) groups excluding carboxylic acids is 1. The predicted molar refractivity (Wildman–Crippen MR) is 125 cm³/mol. The highest BCUT2D eigenvalue weighted by Crippen LogP contribution is 2.31. The summed E-state index contributed by atoms with van der Waals surface area (Å²) in [7, 11) is 0. The number of fused-ring (bicyclic) bond motifs is 1. The van der Waals surface area contributed by atoms with Crippen LogP contribution in [0.15, 0.2) is 48.5 Å². The van der Waals surface area contributed by atoms with Crippen molar-refractivity contribution in [3.05, 3.63) is 65.4 Å². The Morgan fingerprint density at radius 3 is 2.68 bits per heavy atom. The smallest absolute Gasteiger partial charge is 0.263 e. The van der Waals surface area contributed by atoms with Crippen molar-refractivity contribution in [3.8, 4) is 10.9 Å². The number of benzene rings is 2. The fraction of sp³-hybridized carbons (Fsp3) is 0.292. The molecule has 160 valence electrons. The van der Waals surface area contributed by atoms with Gasteiger partial charge in [-0.2, -0.15) is 9.78 Å². The number of amides is 1. The molecular weight excluding hydrogens is 408 g/mol. The van der Waals surface area contributed by atoms with Crippen LogP contribution in [0.1, 0.15) is 37.6 Å². The first kappa shape index (κ1) is 21.1. The van der Waals surface area contributed by atoms with Crippen LogP contribution in [0.3, 0.4) is 0 Å². The number of aryl methyl sites for hydroxylation is 2. The molecule has 0 fully saturated rings. The van der Waals surface area contributed by atoms with Gasteiger partial charge in [0.05, 0.1) is 15.9 Å². The summed E-state index contributed by atoms with van der Waals surface area (Å²) in [6.45, 7) is 10.4. The number of aromatic nitrogens is 3. The maximum absolute atomic E-state index is 12.5. The molecule has 0 radical (unpaired) electrons. The Labute approximate surface area is 185 Å². The van der Waals surface area contributed by atoms with E-state index < -0.39 is 0 Å². The molecule has 0 unspecified atom stereocenters. The number of rotatable bonds is 5. The molecule has 2 aromatic heterocycles. The molecule has 4 rings (SSSR count). The van der Waals surface area contributed by atoms with Gasteiger partial charge in [-0.05, 0) is 54.7 Å². The number of nitrogens with zero attached hydrogens (tertiary/aromatic N) is 3. The topological polar surface area (TPSA) is 69.0 Å². The lowest BCUT2D eigenvalue weighted by molar-refractivity contribution is -0.118. The van der Waals surface area contributed by atoms with Crippen LogP contribution in [0.2, 0.25) is 0 Å². The van der Waals surface area contributed by atoms with Crippen molar-refractivity contribution < 1.29 is 9.53 Å². The fourth-order valence-electron chi connectivity index (χ4n) is 3.24. The monoisotopic (exact) mass is 434 g/mol. The molecule has 0 saturated carbocycles. The number of hydrogen-bond donors (Lipinski definition) is 1. The second kappa shape index (κ2) is 8.15. The van der Waals surface area contributed by atoms with Crippen LogP contribution in [-0.4, -0.2) is 27.3 Å². The number of ether oxygens (including phenoxy) is 1. The Kier molecular flexibility index (Phi) is 5.54. The van der Waals surface area contributed by atoms with Crippen molar-refractivity contribution >= 4 is 33.3 Å². The number of thiazole rings is 1. The Hall–Kier alpha value is -3.19. The highest BCUT2D eigenvalue weighted by Gasteiger charge is 2.18. The van der Waals surface area contributed by atoms with E-state index in [1.165, 1.54) is 5.56 Å². The van der Waals surface area contributed by atoms with Crippen LogP contribution in [0, 0.1) is 13.8 Å². The average Bonchev–Trinajstić information content (AvgIpc) is 3.28. The van der Waals surface area contributed by atoms with Gasteiger partial charge in [0, 0.05) is 6.07 Å². The summed E-state index contributed by atoms with van der Waals surface area (Å²) in [6, 6.07) is 15.8. The number of hydrogen-bond acceptors (Lipinski definition) is 5. The number of carbonyl (C=O) groups is 1. The minimum absolute atomic E-state index is 0.0665. The normalized spacial score (nSPS) is 11.6. The highest BCUT2D eigenvalue weighted by molar-refractivity contribution is 7.20. The van der Waals surface area contributed by atoms with Crippen LogP contribution in [0.5, 0.6) is 5.75 Å². The van der Waals surface area contributed by atoms with Crippen molar-refractivity contribution in [1.29, 1.82) is 0 Å². The van der Waals surface area contributed by atoms with E-state index >= 15 is 0 Å². The van der Waals surface area contributed by atoms with E-state index in [9.17, 15) is 4.79 Å². The molecule has 31 heavy (non-hydrogen) atoms. The zero-order valence-corrected chi connectivity index (χ0v) is 19.2. The van der Waals surface area contributed by atoms with Crippen LogP contribution in [0.25, 0.3) is 15.3 Å². The maximum atomic E-state index is 12.5. The van der Waals surface area contributed by atoms with Gasteiger partial charge in [0.15, 0.2) is 6.61 Å². The first-order valence-electron chi connectivity index (χ1n) is 10.2. The van der Waals surface area contributed by atoms with E-state index in [4.69, 9.17) is 9.72 Å². The van der Waals surface area contributed by atoms with Gasteiger partial charge in [-0.15, -0.1) is 0 Å². The van der Waals surface area contributed by atoms with Gasteiger partial charge >= 0.3 is 0 Å². The zero-order valence-electron chi connectivity index (χ0n) is 18.4. The first-order valence-corrected chi connectivity index (χ1v) is 11.0. The molecule has 1 amide bonds. The summed E-state index contributed by atoms with van der Waals surface area (Å²) in [6.07, 6.45) is 0. The fourth-order valence-corrected chi connectivity index (χ4v) is 4.21. The second-order valence-electron chi connectivity index (χ2n) is 8.67. The van der Waals surface area contributed by atoms with Crippen molar-refractivity contribution in [1.82, 2.24) is 14.8 Å². The largest absolute Gasteiger partial charge is 0.484 e. The molecule has 6 nitrogen and oxygen atoms in total. The minimum atomic E-state index is -0.251. The lowest BCUT2D eigenvalue weighted by Crippen LogP contribution is -2.21. The summed E-state index contributed by atoms with van der Waals surface area (Å²) in [5, 5.41) is 8.15. The van der Waals surface area contributed by atoms with Crippen molar-refractivity contribution in [2.45, 2.75) is 40.0 Å². The molecule has 4 aromatic rings. The molecular formula is C24H26N4O2S. The van der Waals surface area contributed by atoms with Gasteiger partial charge in [-0.1, -0.05) is 50.3 Å². The Balaban J connectivity index is 1.55. The van der Waals surface area contributed by atoms with E-state index in [2.05, 4.69) is 43.3 Å².